The van der Waals surface area contributed by atoms with Gasteiger partial charge in [-0.2, -0.15) is 11.3 Å². The van der Waals surface area contributed by atoms with E-state index in [9.17, 15) is 9.50 Å². The van der Waals surface area contributed by atoms with E-state index in [1.807, 2.05) is 10.8 Å². The molecule has 1 N–H and O–H groups in total. The van der Waals surface area contributed by atoms with Gasteiger partial charge in [-0.15, -0.1) is 0 Å². The van der Waals surface area contributed by atoms with Gasteiger partial charge in [0, 0.05) is 15.4 Å². The monoisotopic (exact) mass is 316 g/mol. The van der Waals surface area contributed by atoms with Gasteiger partial charge in [-0.1, -0.05) is 6.07 Å². The molecular formula is C12H10BrFO2S. The molecule has 2 nitrogen and oxygen atoms in total. The van der Waals surface area contributed by atoms with Crippen LogP contribution in [0, 0.1) is 5.82 Å². The highest BCUT2D eigenvalue weighted by molar-refractivity contribution is 9.10. The Bertz CT molecular complexity index is 527. The minimum atomic E-state index is -0.837. The normalized spacial score (nSPS) is 12.5. The van der Waals surface area contributed by atoms with Gasteiger partial charge in [0.1, 0.15) is 6.10 Å². The van der Waals surface area contributed by atoms with Crippen molar-refractivity contribution in [2.45, 2.75) is 6.10 Å². The van der Waals surface area contributed by atoms with Gasteiger partial charge < -0.3 is 9.84 Å². The summed E-state index contributed by atoms with van der Waals surface area (Å²) in [6, 6.07) is 4.44. The Morgan fingerprint density at radius 2 is 2.18 bits per heavy atom. The predicted octanol–water partition coefficient (Wildman–Crippen LogP) is 3.74. The van der Waals surface area contributed by atoms with Gasteiger partial charge in [0.25, 0.3) is 0 Å². The van der Waals surface area contributed by atoms with E-state index >= 15 is 0 Å². The van der Waals surface area contributed by atoms with Gasteiger partial charge >= 0.3 is 0 Å². The molecule has 2 aromatic rings. The van der Waals surface area contributed by atoms with E-state index in [1.165, 1.54) is 30.6 Å². The molecule has 0 fully saturated rings. The molecule has 0 aliphatic rings. The van der Waals surface area contributed by atoms with Crippen LogP contribution in [0.2, 0.25) is 0 Å². The van der Waals surface area contributed by atoms with E-state index in [0.29, 0.717) is 5.56 Å². The highest BCUT2D eigenvalue weighted by Gasteiger charge is 2.16. The number of benzene rings is 1. The quantitative estimate of drug-likeness (QED) is 0.934. The molecule has 1 heterocycles. The number of thiophene rings is 1. The molecule has 0 saturated carbocycles. The number of hydrogen-bond acceptors (Lipinski definition) is 3. The van der Waals surface area contributed by atoms with Crippen molar-refractivity contribution < 1.29 is 14.2 Å². The Morgan fingerprint density at radius 1 is 1.41 bits per heavy atom. The van der Waals surface area contributed by atoms with E-state index in [2.05, 4.69) is 15.9 Å². The molecule has 0 aliphatic heterocycles. The second-order valence-corrected chi connectivity index (χ2v) is 5.07. The zero-order valence-electron chi connectivity index (χ0n) is 8.98. The molecule has 0 radical (unpaired) electrons. The minimum absolute atomic E-state index is 0.172. The average Bonchev–Trinajstić information content (AvgIpc) is 2.74. The first-order valence-electron chi connectivity index (χ1n) is 4.86. The summed E-state index contributed by atoms with van der Waals surface area (Å²) in [4.78, 5) is 0. The molecule has 90 valence electrons. The predicted molar refractivity (Wildman–Crippen MR) is 69.0 cm³/mol. The fourth-order valence-electron chi connectivity index (χ4n) is 1.52. The Morgan fingerprint density at radius 3 is 2.71 bits per heavy atom. The van der Waals surface area contributed by atoms with Gasteiger partial charge in [0.15, 0.2) is 11.6 Å². The summed E-state index contributed by atoms with van der Waals surface area (Å²) in [5.41, 5.74) is 1.24. The van der Waals surface area contributed by atoms with Crippen LogP contribution in [0.25, 0.3) is 0 Å². The number of hydrogen-bond donors (Lipinski definition) is 1. The van der Waals surface area contributed by atoms with Crippen molar-refractivity contribution >= 4 is 27.3 Å². The van der Waals surface area contributed by atoms with Gasteiger partial charge in [-0.3, -0.25) is 0 Å². The molecule has 1 aromatic carbocycles. The van der Waals surface area contributed by atoms with Gasteiger partial charge in [-0.25, -0.2) is 4.39 Å². The maximum atomic E-state index is 13.5. The molecule has 0 spiro atoms. The topological polar surface area (TPSA) is 29.5 Å². The molecule has 17 heavy (non-hydrogen) atoms. The molecule has 0 aliphatic carbocycles. The van der Waals surface area contributed by atoms with Crippen molar-refractivity contribution in [3.05, 3.63) is 50.4 Å². The molecule has 5 heteroatoms. The summed E-state index contributed by atoms with van der Waals surface area (Å²) >= 11 is 4.82. The smallest absolute Gasteiger partial charge is 0.165 e. The van der Waals surface area contributed by atoms with Crippen LogP contribution in [0.4, 0.5) is 4.39 Å². The second kappa shape index (κ2) is 5.16. The van der Waals surface area contributed by atoms with E-state index in [-0.39, 0.29) is 5.75 Å². The molecule has 0 saturated heterocycles. The first-order valence-corrected chi connectivity index (χ1v) is 6.60. The summed E-state index contributed by atoms with van der Waals surface area (Å²) in [7, 11) is 1.41. The number of aliphatic hydroxyl groups excluding tert-OH is 1. The summed E-state index contributed by atoms with van der Waals surface area (Å²) in [5.74, 6) is -0.305. The Kier molecular flexibility index (Phi) is 3.81. The fraction of sp³-hybridized carbons (Fsp3) is 0.167. The third-order valence-electron chi connectivity index (χ3n) is 2.43. The lowest BCUT2D eigenvalue weighted by atomic mass is 10.0. The first kappa shape index (κ1) is 12.5. The lowest BCUT2D eigenvalue weighted by molar-refractivity contribution is 0.219. The first-order chi connectivity index (χ1) is 8.13. The third kappa shape index (κ3) is 2.51. The van der Waals surface area contributed by atoms with E-state index in [0.717, 1.165) is 10.0 Å². The zero-order valence-corrected chi connectivity index (χ0v) is 11.4. The van der Waals surface area contributed by atoms with Gasteiger partial charge in [0.05, 0.1) is 7.11 Å². The highest BCUT2D eigenvalue weighted by Crippen LogP contribution is 2.32. The molecule has 0 bridgehead atoms. The highest BCUT2D eigenvalue weighted by atomic mass is 79.9. The lowest BCUT2D eigenvalue weighted by Crippen LogP contribution is -2.00. The molecule has 0 amide bonds. The fourth-order valence-corrected chi connectivity index (χ4v) is 3.05. The van der Waals surface area contributed by atoms with E-state index in [4.69, 9.17) is 4.74 Å². The second-order valence-electron chi connectivity index (χ2n) is 3.47. The zero-order chi connectivity index (χ0) is 12.4. The molecule has 1 aromatic heterocycles. The summed E-state index contributed by atoms with van der Waals surface area (Å²) in [5, 5.41) is 13.8. The summed E-state index contributed by atoms with van der Waals surface area (Å²) in [6.45, 7) is 0. The van der Waals surface area contributed by atoms with Crippen molar-refractivity contribution in [2.75, 3.05) is 7.11 Å². The number of aliphatic hydroxyl groups is 1. The van der Waals surface area contributed by atoms with Crippen molar-refractivity contribution in [1.82, 2.24) is 0 Å². The van der Waals surface area contributed by atoms with E-state index in [1.54, 1.807) is 6.07 Å². The standard InChI is InChI=1S/C12H10BrFO2S/c1-16-11-3-2-7(4-10(11)14)12(15)8-5-17-6-9(8)13/h2-6,12,15H,1H3. The van der Waals surface area contributed by atoms with Crippen LogP contribution < -0.4 is 4.74 Å². The Balaban J connectivity index is 2.35. The molecule has 1 unspecified atom stereocenters. The van der Waals surface area contributed by atoms with Crippen LogP contribution in [-0.4, -0.2) is 12.2 Å². The van der Waals surface area contributed by atoms with Crippen molar-refractivity contribution in [3.8, 4) is 5.75 Å². The number of ether oxygens (including phenoxy) is 1. The van der Waals surface area contributed by atoms with Crippen LogP contribution in [-0.2, 0) is 0 Å². The van der Waals surface area contributed by atoms with Crippen molar-refractivity contribution in [2.24, 2.45) is 0 Å². The number of rotatable bonds is 3. The van der Waals surface area contributed by atoms with Crippen LogP contribution in [0.5, 0.6) is 5.75 Å². The number of methoxy groups -OCH3 is 1. The number of halogens is 2. The third-order valence-corrected chi connectivity index (χ3v) is 4.18. The summed E-state index contributed by atoms with van der Waals surface area (Å²) in [6.07, 6.45) is -0.837. The van der Waals surface area contributed by atoms with Crippen molar-refractivity contribution in [1.29, 1.82) is 0 Å². The SMILES string of the molecule is COc1ccc(C(O)c2cscc2Br)cc1F. The Hall–Kier alpha value is -0.910. The largest absolute Gasteiger partial charge is 0.494 e. The Labute approximate surface area is 111 Å². The summed E-state index contributed by atoms with van der Waals surface area (Å²) < 4.78 is 19.2. The molecule has 1 atom stereocenters. The molecular weight excluding hydrogens is 307 g/mol. The lowest BCUT2D eigenvalue weighted by Gasteiger charge is -2.11. The van der Waals surface area contributed by atoms with Crippen LogP contribution in [0.15, 0.2) is 33.4 Å². The van der Waals surface area contributed by atoms with Crippen LogP contribution >= 0.6 is 27.3 Å². The van der Waals surface area contributed by atoms with Crippen LogP contribution in [0.1, 0.15) is 17.2 Å². The molecule has 2 rings (SSSR count). The van der Waals surface area contributed by atoms with Gasteiger partial charge in [0.2, 0.25) is 0 Å². The van der Waals surface area contributed by atoms with E-state index < -0.39 is 11.9 Å². The van der Waals surface area contributed by atoms with Crippen LogP contribution in [0.3, 0.4) is 0 Å². The maximum absolute atomic E-state index is 13.5. The van der Waals surface area contributed by atoms with Gasteiger partial charge in [-0.05, 0) is 39.0 Å². The minimum Gasteiger partial charge on any atom is -0.494 e. The maximum Gasteiger partial charge on any atom is 0.165 e. The van der Waals surface area contributed by atoms with Crippen molar-refractivity contribution in [3.63, 3.8) is 0 Å². The average molecular weight is 317 g/mol.